The second kappa shape index (κ2) is 8.13. The Labute approximate surface area is 159 Å². The molecule has 0 spiro atoms. The summed E-state index contributed by atoms with van der Waals surface area (Å²) in [6, 6.07) is 9.87. The number of nitrogens with zero attached hydrogens (tertiary/aromatic N) is 2. The lowest BCUT2D eigenvalue weighted by Crippen LogP contribution is -2.43. The Morgan fingerprint density at radius 3 is 2.77 bits per heavy atom. The maximum absolute atomic E-state index is 12.5. The van der Waals surface area contributed by atoms with Crippen molar-refractivity contribution in [1.29, 1.82) is 0 Å². The fourth-order valence-corrected chi connectivity index (χ4v) is 4.51. The van der Waals surface area contributed by atoms with Gasteiger partial charge in [-0.25, -0.2) is 0 Å². The Balaban J connectivity index is 1.43. The Morgan fingerprint density at radius 1 is 1.23 bits per heavy atom. The molecule has 4 rings (SSSR count). The van der Waals surface area contributed by atoms with Crippen molar-refractivity contribution in [2.24, 2.45) is 0 Å². The van der Waals surface area contributed by atoms with Crippen molar-refractivity contribution in [3.8, 4) is 10.6 Å². The van der Waals surface area contributed by atoms with Gasteiger partial charge in [-0.1, -0.05) is 17.3 Å². The van der Waals surface area contributed by atoms with Gasteiger partial charge in [0.25, 0.3) is 5.91 Å². The highest BCUT2D eigenvalue weighted by Gasteiger charge is 2.24. The van der Waals surface area contributed by atoms with Crippen molar-refractivity contribution >= 4 is 28.6 Å². The first-order chi connectivity index (χ1) is 12.8. The third kappa shape index (κ3) is 3.88. The van der Waals surface area contributed by atoms with Gasteiger partial charge in [0.1, 0.15) is 0 Å². The third-order valence-corrected chi connectivity index (χ3v) is 6.18. The summed E-state index contributed by atoms with van der Waals surface area (Å²) in [7, 11) is 0. The SMILES string of the molecule is O=C(NCC(c1cccs1)N1CCOCC1)c1cc(-c2cccs2)on1. The zero-order chi connectivity index (χ0) is 17.8. The Morgan fingerprint density at radius 2 is 2.04 bits per heavy atom. The summed E-state index contributed by atoms with van der Waals surface area (Å²) < 4.78 is 10.8. The fraction of sp³-hybridized carbons (Fsp3) is 0.333. The summed E-state index contributed by atoms with van der Waals surface area (Å²) in [5.41, 5.74) is 0.306. The molecule has 1 aliphatic rings. The molecule has 0 saturated carbocycles. The quantitative estimate of drug-likeness (QED) is 0.701. The van der Waals surface area contributed by atoms with Crippen molar-refractivity contribution in [3.05, 3.63) is 51.7 Å². The molecule has 26 heavy (non-hydrogen) atoms. The molecule has 0 aliphatic carbocycles. The van der Waals surface area contributed by atoms with E-state index in [4.69, 9.17) is 9.26 Å². The van der Waals surface area contributed by atoms with Crippen LogP contribution in [0.15, 0.2) is 45.6 Å². The highest BCUT2D eigenvalue weighted by Crippen LogP contribution is 2.27. The minimum Gasteiger partial charge on any atom is -0.379 e. The largest absolute Gasteiger partial charge is 0.379 e. The number of carbonyl (C=O) groups is 1. The van der Waals surface area contributed by atoms with Gasteiger partial charge >= 0.3 is 0 Å². The summed E-state index contributed by atoms with van der Waals surface area (Å²) in [5.74, 6) is 0.402. The van der Waals surface area contributed by atoms with Gasteiger partial charge < -0.3 is 14.6 Å². The van der Waals surface area contributed by atoms with Gasteiger partial charge in [0, 0.05) is 30.6 Å². The van der Waals surface area contributed by atoms with Crippen LogP contribution >= 0.6 is 22.7 Å². The van der Waals surface area contributed by atoms with Crippen LogP contribution in [0.5, 0.6) is 0 Å². The Hall–Kier alpha value is -2.00. The Bertz CT molecular complexity index is 824. The van der Waals surface area contributed by atoms with Crippen LogP contribution in [0.2, 0.25) is 0 Å². The van der Waals surface area contributed by atoms with E-state index in [1.165, 1.54) is 4.88 Å². The van der Waals surface area contributed by atoms with Gasteiger partial charge in [0.15, 0.2) is 11.5 Å². The summed E-state index contributed by atoms with van der Waals surface area (Å²) in [6.07, 6.45) is 0. The third-order valence-electron chi connectivity index (χ3n) is 4.32. The number of thiophene rings is 2. The van der Waals surface area contributed by atoms with Crippen molar-refractivity contribution in [2.45, 2.75) is 6.04 Å². The first kappa shape index (κ1) is 17.4. The van der Waals surface area contributed by atoms with E-state index in [-0.39, 0.29) is 11.9 Å². The Kier molecular flexibility index (Phi) is 5.45. The molecule has 1 amide bonds. The van der Waals surface area contributed by atoms with Gasteiger partial charge in [-0.15, -0.1) is 22.7 Å². The van der Waals surface area contributed by atoms with E-state index in [2.05, 4.69) is 26.8 Å². The predicted octanol–water partition coefficient (Wildman–Crippen LogP) is 3.27. The molecular weight excluding hydrogens is 370 g/mol. The van der Waals surface area contributed by atoms with E-state index in [1.807, 2.05) is 23.6 Å². The number of aromatic nitrogens is 1. The number of nitrogens with one attached hydrogen (secondary N) is 1. The molecule has 1 aliphatic heterocycles. The van der Waals surface area contributed by atoms with Crippen LogP contribution in [-0.4, -0.2) is 48.8 Å². The molecule has 1 unspecified atom stereocenters. The summed E-state index contributed by atoms with van der Waals surface area (Å²) in [6.45, 7) is 3.71. The van der Waals surface area contributed by atoms with Crippen LogP contribution in [-0.2, 0) is 4.74 Å². The van der Waals surface area contributed by atoms with E-state index in [0.29, 0.717) is 18.0 Å². The molecule has 4 heterocycles. The molecule has 1 fully saturated rings. The molecule has 0 bridgehead atoms. The van der Waals surface area contributed by atoms with E-state index in [0.717, 1.165) is 31.2 Å². The normalized spacial score (nSPS) is 16.5. The zero-order valence-electron chi connectivity index (χ0n) is 14.1. The minimum atomic E-state index is -0.216. The van der Waals surface area contributed by atoms with Crippen LogP contribution in [0.4, 0.5) is 0 Å². The van der Waals surface area contributed by atoms with Crippen LogP contribution in [0, 0.1) is 0 Å². The number of hydrogen-bond acceptors (Lipinski definition) is 7. The molecular formula is C18H19N3O3S2. The minimum absolute atomic E-state index is 0.145. The first-order valence-corrected chi connectivity index (χ1v) is 10.2. The van der Waals surface area contributed by atoms with Crippen molar-refractivity contribution in [3.63, 3.8) is 0 Å². The van der Waals surface area contributed by atoms with Crippen LogP contribution in [0.3, 0.4) is 0 Å². The van der Waals surface area contributed by atoms with E-state index < -0.39 is 0 Å². The van der Waals surface area contributed by atoms with Gasteiger partial charge in [0.2, 0.25) is 0 Å². The highest BCUT2D eigenvalue weighted by atomic mass is 32.1. The highest BCUT2D eigenvalue weighted by molar-refractivity contribution is 7.13. The number of ether oxygens (including phenoxy) is 1. The van der Waals surface area contributed by atoms with Crippen LogP contribution in [0.25, 0.3) is 10.6 Å². The molecule has 136 valence electrons. The number of carbonyl (C=O) groups excluding carboxylic acids is 1. The summed E-state index contributed by atoms with van der Waals surface area (Å²) in [4.78, 5) is 17.1. The monoisotopic (exact) mass is 389 g/mol. The smallest absolute Gasteiger partial charge is 0.273 e. The summed E-state index contributed by atoms with van der Waals surface area (Å²) >= 11 is 3.26. The fourth-order valence-electron chi connectivity index (χ4n) is 2.98. The lowest BCUT2D eigenvalue weighted by atomic mass is 10.2. The maximum Gasteiger partial charge on any atom is 0.273 e. The van der Waals surface area contributed by atoms with Gasteiger partial charge in [0.05, 0.1) is 24.1 Å². The molecule has 1 N–H and O–H groups in total. The second-order valence-electron chi connectivity index (χ2n) is 5.94. The van der Waals surface area contributed by atoms with Gasteiger partial charge in [-0.2, -0.15) is 0 Å². The number of hydrogen-bond donors (Lipinski definition) is 1. The van der Waals surface area contributed by atoms with E-state index >= 15 is 0 Å². The summed E-state index contributed by atoms with van der Waals surface area (Å²) in [5, 5.41) is 11.0. The topological polar surface area (TPSA) is 67.6 Å². The molecule has 6 nitrogen and oxygen atoms in total. The van der Waals surface area contributed by atoms with Crippen molar-refractivity contribution < 1.29 is 14.1 Å². The first-order valence-electron chi connectivity index (χ1n) is 8.45. The van der Waals surface area contributed by atoms with Gasteiger partial charge in [-0.05, 0) is 22.9 Å². The molecule has 0 aromatic carbocycles. The standard InChI is InChI=1S/C18H19N3O3S2/c22-18(13-11-15(24-20-13)17-4-2-10-26-17)19-12-14(16-3-1-9-25-16)21-5-7-23-8-6-21/h1-4,9-11,14H,5-8,12H2,(H,19,22). The molecule has 0 radical (unpaired) electrons. The van der Waals surface area contributed by atoms with Gasteiger partial charge in [-0.3, -0.25) is 9.69 Å². The van der Waals surface area contributed by atoms with Crippen LogP contribution in [0.1, 0.15) is 21.4 Å². The molecule has 1 saturated heterocycles. The number of morpholine rings is 1. The number of rotatable bonds is 6. The second-order valence-corrected chi connectivity index (χ2v) is 7.87. The molecule has 3 aromatic heterocycles. The lowest BCUT2D eigenvalue weighted by molar-refractivity contribution is 0.0169. The molecule has 1 atom stereocenters. The lowest BCUT2D eigenvalue weighted by Gasteiger charge is -2.34. The van der Waals surface area contributed by atoms with Crippen molar-refractivity contribution in [2.75, 3.05) is 32.8 Å². The predicted molar refractivity (Wildman–Crippen MR) is 102 cm³/mol. The molecule has 3 aromatic rings. The van der Waals surface area contributed by atoms with E-state index in [9.17, 15) is 4.79 Å². The average molecular weight is 390 g/mol. The number of amides is 1. The average Bonchev–Trinajstić information content (AvgIpc) is 3.43. The van der Waals surface area contributed by atoms with E-state index in [1.54, 1.807) is 28.7 Å². The van der Waals surface area contributed by atoms with Crippen molar-refractivity contribution in [1.82, 2.24) is 15.4 Å². The maximum atomic E-state index is 12.5. The molecule has 8 heteroatoms. The van der Waals surface area contributed by atoms with Crippen LogP contribution < -0.4 is 5.32 Å². The zero-order valence-corrected chi connectivity index (χ0v) is 15.7.